The number of rotatable bonds is 2. The Morgan fingerprint density at radius 2 is 1.82 bits per heavy atom. The predicted molar refractivity (Wildman–Crippen MR) is 76.1 cm³/mol. The zero-order valence-corrected chi connectivity index (χ0v) is 12.4. The number of hydrogen-bond acceptors (Lipinski definition) is 2. The minimum absolute atomic E-state index is 0.130. The van der Waals surface area contributed by atoms with Crippen LogP contribution in [0.5, 0.6) is 0 Å². The molecule has 1 aromatic carbocycles. The first kappa shape index (κ1) is 12.5. The lowest BCUT2D eigenvalue weighted by molar-refractivity contribution is 0.104. The van der Waals surface area contributed by atoms with Gasteiger partial charge in [-0.25, -0.2) is 0 Å². The third kappa shape index (κ3) is 2.50. The highest BCUT2D eigenvalue weighted by Crippen LogP contribution is 2.26. The molecule has 0 saturated heterocycles. The van der Waals surface area contributed by atoms with E-state index in [-0.39, 0.29) is 5.78 Å². The number of carbonyl (C=O) groups excluding carboxylic acids is 1. The van der Waals surface area contributed by atoms with Gasteiger partial charge in [0.2, 0.25) is 5.78 Å². The number of ketones is 1. The second-order valence-corrected chi connectivity index (χ2v) is 6.33. The van der Waals surface area contributed by atoms with Crippen molar-refractivity contribution in [2.24, 2.45) is 0 Å². The van der Waals surface area contributed by atoms with Crippen LogP contribution in [-0.4, -0.2) is 5.78 Å². The second kappa shape index (κ2) is 4.75. The van der Waals surface area contributed by atoms with E-state index in [4.69, 9.17) is 0 Å². The average Bonchev–Trinajstić information content (AvgIpc) is 2.57. The summed E-state index contributed by atoms with van der Waals surface area (Å²) in [7, 11) is 0. The lowest BCUT2D eigenvalue weighted by atomic mass is 10.0. The maximum Gasteiger partial charge on any atom is 0.203 e. The van der Waals surface area contributed by atoms with Gasteiger partial charge in [-0.1, -0.05) is 15.9 Å². The second-order valence-electron chi connectivity index (χ2n) is 4.16. The molecule has 0 saturated carbocycles. The highest BCUT2D eigenvalue weighted by atomic mass is 79.9. The summed E-state index contributed by atoms with van der Waals surface area (Å²) in [6.07, 6.45) is 0. The lowest BCUT2D eigenvalue weighted by Crippen LogP contribution is -2.02. The smallest absolute Gasteiger partial charge is 0.203 e. The number of benzene rings is 1. The van der Waals surface area contributed by atoms with Gasteiger partial charge >= 0.3 is 0 Å². The molecular formula is C14H13BrOS. The molecule has 88 valence electrons. The fraction of sp³-hybridized carbons (Fsp3) is 0.214. The molecular weight excluding hydrogens is 296 g/mol. The highest BCUT2D eigenvalue weighted by Gasteiger charge is 2.16. The third-order valence-corrected chi connectivity index (χ3v) is 4.32. The standard InChI is InChI=1S/C14H13BrOS/c1-8-7-11(15)4-5-12(8)13(16)14-9(2)6-10(3)17-14/h4-7H,1-3H3. The fourth-order valence-corrected chi connectivity index (χ4v) is 3.33. The number of thiophene rings is 1. The van der Waals surface area contributed by atoms with Crippen molar-refractivity contribution in [3.8, 4) is 0 Å². The van der Waals surface area contributed by atoms with Crippen LogP contribution in [0.15, 0.2) is 28.7 Å². The quantitative estimate of drug-likeness (QED) is 0.737. The normalized spacial score (nSPS) is 10.6. The van der Waals surface area contributed by atoms with Crippen molar-refractivity contribution in [2.75, 3.05) is 0 Å². The molecule has 0 radical (unpaired) electrons. The zero-order valence-electron chi connectivity index (χ0n) is 10.0. The van der Waals surface area contributed by atoms with Crippen molar-refractivity contribution < 1.29 is 4.79 Å². The van der Waals surface area contributed by atoms with Crippen LogP contribution < -0.4 is 0 Å². The van der Waals surface area contributed by atoms with Crippen LogP contribution in [0.2, 0.25) is 0 Å². The monoisotopic (exact) mass is 308 g/mol. The molecule has 3 heteroatoms. The molecule has 2 rings (SSSR count). The largest absolute Gasteiger partial charge is 0.288 e. The Hall–Kier alpha value is -0.930. The molecule has 0 unspecified atom stereocenters. The van der Waals surface area contributed by atoms with Crippen LogP contribution >= 0.6 is 27.3 Å². The SMILES string of the molecule is Cc1cc(C)c(C(=O)c2ccc(Br)cc2C)s1. The van der Waals surface area contributed by atoms with E-state index in [1.807, 2.05) is 39.0 Å². The molecule has 0 N–H and O–H groups in total. The summed E-state index contributed by atoms with van der Waals surface area (Å²) in [5.41, 5.74) is 2.87. The molecule has 0 atom stereocenters. The van der Waals surface area contributed by atoms with Crippen molar-refractivity contribution in [3.05, 3.63) is 55.2 Å². The third-order valence-electron chi connectivity index (χ3n) is 2.68. The van der Waals surface area contributed by atoms with Gasteiger partial charge in [-0.05, 0) is 56.2 Å². The van der Waals surface area contributed by atoms with E-state index >= 15 is 0 Å². The molecule has 0 fully saturated rings. The lowest BCUT2D eigenvalue weighted by Gasteiger charge is -2.04. The molecule has 0 aliphatic carbocycles. The van der Waals surface area contributed by atoms with Crippen molar-refractivity contribution in [2.45, 2.75) is 20.8 Å². The number of aryl methyl sites for hydroxylation is 3. The van der Waals surface area contributed by atoms with Crippen LogP contribution in [0.25, 0.3) is 0 Å². The van der Waals surface area contributed by atoms with Crippen molar-refractivity contribution in [3.63, 3.8) is 0 Å². The topological polar surface area (TPSA) is 17.1 Å². The van der Waals surface area contributed by atoms with Gasteiger partial charge in [-0.2, -0.15) is 0 Å². The maximum atomic E-state index is 12.4. The molecule has 1 heterocycles. The van der Waals surface area contributed by atoms with Gasteiger partial charge in [0.25, 0.3) is 0 Å². The summed E-state index contributed by atoms with van der Waals surface area (Å²) in [4.78, 5) is 14.4. The molecule has 0 spiro atoms. The summed E-state index contributed by atoms with van der Waals surface area (Å²) < 4.78 is 1.01. The van der Waals surface area contributed by atoms with E-state index in [2.05, 4.69) is 22.0 Å². The first-order chi connectivity index (χ1) is 7.99. The van der Waals surface area contributed by atoms with Gasteiger partial charge in [0.05, 0.1) is 4.88 Å². The zero-order chi connectivity index (χ0) is 12.6. The summed E-state index contributed by atoms with van der Waals surface area (Å²) in [6.45, 7) is 5.99. The molecule has 0 bridgehead atoms. The van der Waals surface area contributed by atoms with E-state index in [1.165, 1.54) is 4.88 Å². The predicted octanol–water partition coefficient (Wildman–Crippen LogP) is 4.67. The molecule has 1 aromatic heterocycles. The average molecular weight is 309 g/mol. The van der Waals surface area contributed by atoms with Gasteiger partial charge in [-0.15, -0.1) is 11.3 Å². The Bertz CT molecular complexity index is 584. The van der Waals surface area contributed by atoms with E-state index < -0.39 is 0 Å². The van der Waals surface area contributed by atoms with E-state index in [0.29, 0.717) is 0 Å². The molecule has 2 aromatic rings. The van der Waals surface area contributed by atoms with Gasteiger partial charge in [0.15, 0.2) is 0 Å². The van der Waals surface area contributed by atoms with E-state index in [1.54, 1.807) is 11.3 Å². The first-order valence-corrected chi connectivity index (χ1v) is 6.98. The van der Waals surface area contributed by atoms with Crippen molar-refractivity contribution in [1.29, 1.82) is 0 Å². The Kier molecular flexibility index (Phi) is 3.50. The highest BCUT2D eigenvalue weighted by molar-refractivity contribution is 9.10. The number of hydrogen-bond donors (Lipinski definition) is 0. The van der Waals surface area contributed by atoms with Crippen LogP contribution in [0.3, 0.4) is 0 Å². The summed E-state index contributed by atoms with van der Waals surface area (Å²) >= 11 is 4.98. The van der Waals surface area contributed by atoms with E-state index in [9.17, 15) is 4.79 Å². The minimum Gasteiger partial charge on any atom is -0.288 e. The van der Waals surface area contributed by atoms with Crippen LogP contribution in [0, 0.1) is 20.8 Å². The Labute approximate surface area is 114 Å². The van der Waals surface area contributed by atoms with Crippen LogP contribution in [0.1, 0.15) is 31.2 Å². The molecule has 17 heavy (non-hydrogen) atoms. The Morgan fingerprint density at radius 3 is 2.35 bits per heavy atom. The number of carbonyl (C=O) groups is 1. The summed E-state index contributed by atoms with van der Waals surface area (Å²) in [5.74, 6) is 0.130. The fourth-order valence-electron chi connectivity index (χ4n) is 1.87. The van der Waals surface area contributed by atoms with Crippen LogP contribution in [-0.2, 0) is 0 Å². The minimum atomic E-state index is 0.130. The molecule has 1 nitrogen and oxygen atoms in total. The number of halogens is 1. The van der Waals surface area contributed by atoms with Gasteiger partial charge in [0.1, 0.15) is 0 Å². The molecule has 0 aliphatic rings. The van der Waals surface area contributed by atoms with Crippen LogP contribution in [0.4, 0.5) is 0 Å². The Morgan fingerprint density at radius 1 is 1.12 bits per heavy atom. The van der Waals surface area contributed by atoms with E-state index in [0.717, 1.165) is 26.0 Å². The van der Waals surface area contributed by atoms with Gasteiger partial charge in [0, 0.05) is 14.9 Å². The maximum absolute atomic E-state index is 12.4. The molecule has 0 aliphatic heterocycles. The summed E-state index contributed by atoms with van der Waals surface area (Å²) in [5, 5.41) is 0. The van der Waals surface area contributed by atoms with Gasteiger partial charge < -0.3 is 0 Å². The molecule has 0 amide bonds. The van der Waals surface area contributed by atoms with Crippen molar-refractivity contribution >= 4 is 33.0 Å². The Balaban J connectivity index is 2.47. The van der Waals surface area contributed by atoms with Crippen molar-refractivity contribution in [1.82, 2.24) is 0 Å². The summed E-state index contributed by atoms with van der Waals surface area (Å²) in [6, 6.07) is 7.83. The van der Waals surface area contributed by atoms with Gasteiger partial charge in [-0.3, -0.25) is 4.79 Å². The first-order valence-electron chi connectivity index (χ1n) is 5.37.